The summed E-state index contributed by atoms with van der Waals surface area (Å²) in [4.78, 5) is 0. The Bertz CT molecular complexity index is 612. The molecule has 21 heavy (non-hydrogen) atoms. The Morgan fingerprint density at radius 1 is 1.14 bits per heavy atom. The number of ether oxygens (including phenoxy) is 1. The monoisotopic (exact) mass is 278 g/mol. The van der Waals surface area contributed by atoms with Crippen molar-refractivity contribution in [3.8, 4) is 11.8 Å². The molecule has 1 unspecified atom stereocenters. The molecule has 0 aliphatic heterocycles. The standard InChI is InChI=1S/C18H18N2O/c1-21-18-12-10-16(11-13-18)20-17(14-19)9-5-8-15-6-3-2-4-7-15/h2-8,10-13,17,20H,9H2,1H3/b8-5+. The van der Waals surface area contributed by atoms with Crippen LogP contribution in [0.15, 0.2) is 60.7 Å². The quantitative estimate of drug-likeness (QED) is 0.865. The van der Waals surface area contributed by atoms with Crippen molar-refractivity contribution in [3.05, 3.63) is 66.2 Å². The lowest BCUT2D eigenvalue weighted by molar-refractivity contribution is 0.415. The molecule has 1 N–H and O–H groups in total. The van der Waals surface area contributed by atoms with Crippen LogP contribution in [0.2, 0.25) is 0 Å². The normalized spacial score (nSPS) is 11.8. The third-order valence-electron chi connectivity index (χ3n) is 3.07. The van der Waals surface area contributed by atoms with Gasteiger partial charge >= 0.3 is 0 Å². The third-order valence-corrected chi connectivity index (χ3v) is 3.07. The van der Waals surface area contributed by atoms with E-state index in [4.69, 9.17) is 4.74 Å². The van der Waals surface area contributed by atoms with Gasteiger partial charge < -0.3 is 10.1 Å². The van der Waals surface area contributed by atoms with E-state index in [1.165, 1.54) is 0 Å². The van der Waals surface area contributed by atoms with Gasteiger partial charge in [-0.25, -0.2) is 0 Å². The predicted octanol–water partition coefficient (Wildman–Crippen LogP) is 4.10. The van der Waals surface area contributed by atoms with Crippen molar-refractivity contribution in [1.82, 2.24) is 0 Å². The molecule has 0 spiro atoms. The van der Waals surface area contributed by atoms with E-state index in [1.54, 1.807) is 7.11 Å². The maximum absolute atomic E-state index is 9.21. The zero-order valence-corrected chi connectivity index (χ0v) is 12.0. The van der Waals surface area contributed by atoms with Gasteiger partial charge in [0.25, 0.3) is 0 Å². The summed E-state index contributed by atoms with van der Waals surface area (Å²) in [5.41, 5.74) is 2.05. The van der Waals surface area contributed by atoms with Crippen molar-refractivity contribution in [2.24, 2.45) is 0 Å². The van der Waals surface area contributed by atoms with Gasteiger partial charge in [-0.05, 0) is 36.2 Å². The van der Waals surface area contributed by atoms with Crippen LogP contribution in [-0.2, 0) is 0 Å². The van der Waals surface area contributed by atoms with E-state index in [-0.39, 0.29) is 6.04 Å². The van der Waals surface area contributed by atoms with Crippen LogP contribution >= 0.6 is 0 Å². The minimum Gasteiger partial charge on any atom is -0.497 e. The number of nitrogens with one attached hydrogen (secondary N) is 1. The van der Waals surface area contributed by atoms with E-state index in [0.717, 1.165) is 17.0 Å². The number of hydrogen-bond acceptors (Lipinski definition) is 3. The fraction of sp³-hybridized carbons (Fsp3) is 0.167. The van der Waals surface area contributed by atoms with Crippen molar-refractivity contribution < 1.29 is 4.74 Å². The van der Waals surface area contributed by atoms with Gasteiger partial charge in [-0.1, -0.05) is 42.5 Å². The van der Waals surface area contributed by atoms with Crippen molar-refractivity contribution in [2.45, 2.75) is 12.5 Å². The van der Waals surface area contributed by atoms with Gasteiger partial charge in [-0.15, -0.1) is 0 Å². The van der Waals surface area contributed by atoms with Crippen molar-refractivity contribution in [2.75, 3.05) is 12.4 Å². The Balaban J connectivity index is 1.91. The summed E-state index contributed by atoms with van der Waals surface area (Å²) in [5.74, 6) is 0.804. The first-order chi connectivity index (χ1) is 10.3. The smallest absolute Gasteiger partial charge is 0.119 e. The molecule has 0 saturated carbocycles. The lowest BCUT2D eigenvalue weighted by atomic mass is 10.1. The summed E-state index contributed by atoms with van der Waals surface area (Å²) in [6, 6.07) is 19.6. The first-order valence-corrected chi connectivity index (χ1v) is 6.83. The maximum atomic E-state index is 9.21. The Morgan fingerprint density at radius 3 is 2.48 bits per heavy atom. The van der Waals surface area contributed by atoms with Gasteiger partial charge in [0.05, 0.1) is 13.2 Å². The van der Waals surface area contributed by atoms with Crippen LogP contribution in [0.5, 0.6) is 5.75 Å². The Morgan fingerprint density at radius 2 is 1.86 bits per heavy atom. The number of anilines is 1. The summed E-state index contributed by atoms with van der Waals surface area (Å²) < 4.78 is 5.11. The number of benzene rings is 2. The number of rotatable bonds is 6. The van der Waals surface area contributed by atoms with Crippen LogP contribution in [0.4, 0.5) is 5.69 Å². The van der Waals surface area contributed by atoms with Crippen LogP contribution in [-0.4, -0.2) is 13.2 Å². The van der Waals surface area contributed by atoms with Crippen molar-refractivity contribution in [1.29, 1.82) is 5.26 Å². The van der Waals surface area contributed by atoms with Crippen LogP contribution in [0.25, 0.3) is 6.08 Å². The van der Waals surface area contributed by atoms with E-state index >= 15 is 0 Å². The zero-order chi connectivity index (χ0) is 14.9. The predicted molar refractivity (Wildman–Crippen MR) is 86.1 cm³/mol. The minimum atomic E-state index is -0.252. The molecular formula is C18H18N2O. The molecule has 3 heteroatoms. The lowest BCUT2D eigenvalue weighted by Crippen LogP contribution is -2.15. The number of methoxy groups -OCH3 is 1. The average Bonchev–Trinajstić information content (AvgIpc) is 2.55. The van der Waals surface area contributed by atoms with E-state index in [2.05, 4.69) is 11.4 Å². The Hall–Kier alpha value is -2.73. The fourth-order valence-corrected chi connectivity index (χ4v) is 1.94. The molecule has 2 aromatic rings. The average molecular weight is 278 g/mol. The van der Waals surface area contributed by atoms with Crippen molar-refractivity contribution >= 4 is 11.8 Å². The first kappa shape index (κ1) is 14.7. The topological polar surface area (TPSA) is 45.0 Å². The second-order valence-corrected chi connectivity index (χ2v) is 4.60. The molecule has 0 heterocycles. The molecule has 2 rings (SSSR count). The molecule has 0 amide bonds. The highest BCUT2D eigenvalue weighted by Gasteiger charge is 2.04. The highest BCUT2D eigenvalue weighted by atomic mass is 16.5. The molecule has 0 radical (unpaired) electrons. The molecule has 106 valence electrons. The number of nitrogens with zero attached hydrogens (tertiary/aromatic N) is 1. The van der Waals surface area contributed by atoms with Gasteiger partial charge in [0.2, 0.25) is 0 Å². The molecule has 0 aromatic heterocycles. The Labute approximate surface area is 125 Å². The molecule has 0 aliphatic rings. The highest BCUT2D eigenvalue weighted by Crippen LogP contribution is 2.16. The zero-order valence-electron chi connectivity index (χ0n) is 12.0. The van der Waals surface area contributed by atoms with Crippen LogP contribution < -0.4 is 10.1 Å². The largest absolute Gasteiger partial charge is 0.497 e. The molecule has 2 aromatic carbocycles. The Kier molecular flexibility index (Phi) is 5.42. The van der Waals surface area contributed by atoms with Gasteiger partial charge in [-0.2, -0.15) is 5.26 Å². The number of hydrogen-bond donors (Lipinski definition) is 1. The van der Waals surface area contributed by atoms with E-state index in [0.29, 0.717) is 6.42 Å². The van der Waals surface area contributed by atoms with E-state index < -0.39 is 0 Å². The van der Waals surface area contributed by atoms with Gasteiger partial charge in [0.15, 0.2) is 0 Å². The van der Waals surface area contributed by atoms with E-state index in [1.807, 2.05) is 66.7 Å². The lowest BCUT2D eigenvalue weighted by Gasteiger charge is -2.11. The third kappa shape index (κ3) is 4.70. The second-order valence-electron chi connectivity index (χ2n) is 4.60. The SMILES string of the molecule is COc1ccc(NC(C#N)C/C=C/c2ccccc2)cc1. The summed E-state index contributed by atoms with van der Waals surface area (Å²) >= 11 is 0. The highest BCUT2D eigenvalue weighted by molar-refractivity contribution is 5.50. The van der Waals surface area contributed by atoms with Crippen LogP contribution in [0.1, 0.15) is 12.0 Å². The fourth-order valence-electron chi connectivity index (χ4n) is 1.94. The van der Waals surface area contributed by atoms with Crippen LogP contribution in [0, 0.1) is 11.3 Å². The van der Waals surface area contributed by atoms with Crippen molar-refractivity contribution in [3.63, 3.8) is 0 Å². The molecule has 3 nitrogen and oxygen atoms in total. The minimum absolute atomic E-state index is 0.252. The first-order valence-electron chi connectivity index (χ1n) is 6.83. The molecule has 0 aliphatic carbocycles. The second kappa shape index (κ2) is 7.76. The van der Waals surface area contributed by atoms with Gasteiger partial charge in [0, 0.05) is 5.69 Å². The molecule has 0 saturated heterocycles. The van der Waals surface area contributed by atoms with E-state index in [9.17, 15) is 5.26 Å². The summed E-state index contributed by atoms with van der Waals surface area (Å²) in [7, 11) is 1.63. The van der Waals surface area contributed by atoms with Gasteiger partial charge in [0.1, 0.15) is 11.8 Å². The summed E-state index contributed by atoms with van der Waals surface area (Å²) in [6.07, 6.45) is 4.69. The summed E-state index contributed by atoms with van der Waals surface area (Å²) in [6.45, 7) is 0. The maximum Gasteiger partial charge on any atom is 0.119 e. The molecule has 0 fully saturated rings. The molecule has 1 atom stereocenters. The van der Waals surface area contributed by atoms with Gasteiger partial charge in [-0.3, -0.25) is 0 Å². The summed E-state index contributed by atoms with van der Waals surface area (Å²) in [5, 5.41) is 12.4. The number of nitriles is 1. The van der Waals surface area contributed by atoms with Crippen LogP contribution in [0.3, 0.4) is 0 Å². The molecular weight excluding hydrogens is 260 g/mol. The molecule has 0 bridgehead atoms.